The van der Waals surface area contributed by atoms with Gasteiger partial charge in [-0.2, -0.15) is 4.40 Å². The van der Waals surface area contributed by atoms with Gasteiger partial charge in [0.25, 0.3) is 0 Å². The van der Waals surface area contributed by atoms with Gasteiger partial charge in [-0.3, -0.25) is 0 Å². The minimum absolute atomic E-state index is 0.276. The number of hydrogen-bond acceptors (Lipinski definition) is 4. The Labute approximate surface area is 176 Å². The average molecular weight is 420 g/mol. The van der Waals surface area contributed by atoms with Gasteiger partial charge in [0.2, 0.25) is 0 Å². The molecule has 2 aliphatic heterocycles. The van der Waals surface area contributed by atoms with Crippen LogP contribution in [-0.4, -0.2) is 56.9 Å². The largest absolute Gasteiger partial charge is 0.444 e. The molecule has 3 rings (SSSR count). The van der Waals surface area contributed by atoms with Crippen molar-refractivity contribution >= 4 is 28.5 Å². The lowest BCUT2D eigenvalue weighted by Gasteiger charge is -2.44. The van der Waals surface area contributed by atoms with Crippen molar-refractivity contribution in [3.05, 3.63) is 29.8 Å². The first-order valence-corrected chi connectivity index (χ1v) is 11.3. The summed E-state index contributed by atoms with van der Waals surface area (Å²) in [7, 11) is 0.722. The molecule has 1 aromatic carbocycles. The van der Waals surface area contributed by atoms with Crippen molar-refractivity contribution in [1.82, 2.24) is 4.90 Å². The Morgan fingerprint density at radius 3 is 2.24 bits per heavy atom. The van der Waals surface area contributed by atoms with Crippen LogP contribution >= 0.6 is 0 Å². The summed E-state index contributed by atoms with van der Waals surface area (Å²) in [6.45, 7) is 12.6. The number of amides is 1. The molecular formula is C22H33N3O3S. The second-order valence-corrected chi connectivity index (χ2v) is 11.8. The molecule has 1 amide bonds. The predicted octanol–water partition coefficient (Wildman–Crippen LogP) is 4.16. The first-order valence-electron chi connectivity index (χ1n) is 10.2. The van der Waals surface area contributed by atoms with Crippen LogP contribution in [0.4, 0.5) is 10.5 Å². The number of piperidine rings is 1. The zero-order valence-electron chi connectivity index (χ0n) is 18.6. The first kappa shape index (κ1) is 21.8. The maximum atomic E-state index is 12.9. The summed E-state index contributed by atoms with van der Waals surface area (Å²) in [5, 5.41) is 0. The molecule has 1 saturated heterocycles. The number of ether oxygens (including phenoxy) is 1. The molecule has 0 bridgehead atoms. The van der Waals surface area contributed by atoms with E-state index in [0.29, 0.717) is 13.1 Å². The highest BCUT2D eigenvalue weighted by Gasteiger charge is 2.50. The van der Waals surface area contributed by atoms with E-state index in [4.69, 9.17) is 9.13 Å². The second-order valence-electron chi connectivity index (χ2n) is 9.88. The SMILES string of the molecule is CN1c2ccccc2/C(=N\[S@](=O)C(C)(C)C)C12CCN(C(=O)OC(C)(C)C)CC2. The molecule has 0 saturated carbocycles. The van der Waals surface area contributed by atoms with E-state index >= 15 is 0 Å². The molecule has 1 fully saturated rings. The minimum atomic E-state index is -1.35. The van der Waals surface area contributed by atoms with Gasteiger partial charge in [-0.25, -0.2) is 9.00 Å². The van der Waals surface area contributed by atoms with Gasteiger partial charge in [-0.15, -0.1) is 0 Å². The Hall–Kier alpha value is -1.89. The van der Waals surface area contributed by atoms with Crippen LogP contribution in [0.3, 0.4) is 0 Å². The van der Waals surface area contributed by atoms with Crippen LogP contribution in [0.2, 0.25) is 0 Å². The monoisotopic (exact) mass is 419 g/mol. The number of anilines is 1. The minimum Gasteiger partial charge on any atom is -0.444 e. The molecule has 0 N–H and O–H groups in total. The Bertz CT molecular complexity index is 844. The molecule has 0 unspecified atom stereocenters. The molecule has 0 aliphatic carbocycles. The fourth-order valence-corrected chi connectivity index (χ4v) is 4.63. The van der Waals surface area contributed by atoms with E-state index in [1.54, 1.807) is 4.90 Å². The fourth-order valence-electron chi connectivity index (χ4n) is 3.92. The summed E-state index contributed by atoms with van der Waals surface area (Å²) in [6.07, 6.45) is 1.16. The number of carbonyl (C=O) groups is 1. The molecule has 2 aliphatic rings. The first-order chi connectivity index (χ1) is 13.3. The summed E-state index contributed by atoms with van der Waals surface area (Å²) in [5.41, 5.74) is 2.15. The third-order valence-electron chi connectivity index (χ3n) is 5.54. The molecule has 1 aromatic rings. The van der Waals surface area contributed by atoms with Crippen molar-refractivity contribution in [2.45, 2.75) is 70.3 Å². The second kappa shape index (κ2) is 7.42. The van der Waals surface area contributed by atoms with E-state index in [9.17, 15) is 9.00 Å². The summed E-state index contributed by atoms with van der Waals surface area (Å²) in [4.78, 5) is 16.5. The topological polar surface area (TPSA) is 62.2 Å². The molecule has 1 atom stereocenters. The number of fused-ring (bicyclic) bond motifs is 1. The number of likely N-dealkylation sites (tertiary alicyclic amines) is 1. The number of para-hydroxylation sites is 1. The Kier molecular flexibility index (Phi) is 5.58. The van der Waals surface area contributed by atoms with E-state index in [2.05, 4.69) is 24.1 Å². The van der Waals surface area contributed by atoms with E-state index in [1.807, 2.05) is 53.7 Å². The van der Waals surface area contributed by atoms with Gasteiger partial charge in [-0.1, -0.05) is 18.2 Å². The molecule has 2 heterocycles. The number of carbonyl (C=O) groups excluding carboxylic acids is 1. The molecule has 1 spiro atoms. The zero-order valence-corrected chi connectivity index (χ0v) is 19.4. The molecule has 0 radical (unpaired) electrons. The van der Waals surface area contributed by atoms with Crippen molar-refractivity contribution < 1.29 is 13.7 Å². The smallest absolute Gasteiger partial charge is 0.410 e. The Morgan fingerprint density at radius 2 is 1.69 bits per heavy atom. The van der Waals surface area contributed by atoms with Gasteiger partial charge < -0.3 is 14.5 Å². The van der Waals surface area contributed by atoms with Crippen LogP contribution in [-0.2, 0) is 15.7 Å². The normalized spacial score (nSPS) is 21.4. The highest BCUT2D eigenvalue weighted by Crippen LogP contribution is 2.44. The average Bonchev–Trinajstić information content (AvgIpc) is 2.83. The lowest BCUT2D eigenvalue weighted by molar-refractivity contribution is 0.0192. The number of benzene rings is 1. The van der Waals surface area contributed by atoms with Crippen molar-refractivity contribution in [2.24, 2.45) is 4.40 Å². The molecular weight excluding hydrogens is 386 g/mol. The third-order valence-corrected chi connectivity index (χ3v) is 6.94. The predicted molar refractivity (Wildman–Crippen MR) is 119 cm³/mol. The molecule has 0 aromatic heterocycles. The van der Waals surface area contributed by atoms with Crippen LogP contribution in [0.5, 0.6) is 0 Å². The number of rotatable bonds is 1. The van der Waals surface area contributed by atoms with Crippen LogP contribution in [0, 0.1) is 0 Å². The maximum Gasteiger partial charge on any atom is 0.410 e. The summed E-state index contributed by atoms with van der Waals surface area (Å²) in [5.74, 6) is 0. The summed E-state index contributed by atoms with van der Waals surface area (Å²) in [6, 6.07) is 8.15. The fraction of sp³-hybridized carbons (Fsp3) is 0.636. The molecule has 7 heteroatoms. The lowest BCUT2D eigenvalue weighted by atomic mass is 9.82. The summed E-state index contributed by atoms with van der Waals surface area (Å²) < 4.78 is 22.8. The van der Waals surface area contributed by atoms with Gasteiger partial charge in [-0.05, 0) is 60.5 Å². The lowest BCUT2D eigenvalue weighted by Crippen LogP contribution is -2.57. The number of hydrogen-bond donors (Lipinski definition) is 0. The standard InChI is InChI=1S/C22H33N3O3S/c1-20(2,3)28-19(26)25-14-12-22(13-15-25)18(23-29(27)21(4,5)6)16-10-8-9-11-17(16)24(22)7/h8-11H,12-15H2,1-7H3/b23-18+/t29-/m1/s1. The Balaban J connectivity index is 1.93. The number of likely N-dealkylation sites (N-methyl/N-ethyl adjacent to an activating group) is 1. The van der Waals surface area contributed by atoms with Gasteiger partial charge >= 0.3 is 6.09 Å². The van der Waals surface area contributed by atoms with Crippen molar-refractivity contribution in [3.63, 3.8) is 0 Å². The molecule has 29 heavy (non-hydrogen) atoms. The van der Waals surface area contributed by atoms with Gasteiger partial charge in [0, 0.05) is 31.4 Å². The maximum absolute atomic E-state index is 12.9. The highest BCUT2D eigenvalue weighted by atomic mass is 32.2. The van der Waals surface area contributed by atoms with Crippen molar-refractivity contribution in [2.75, 3.05) is 25.0 Å². The van der Waals surface area contributed by atoms with Crippen molar-refractivity contribution in [1.29, 1.82) is 0 Å². The Morgan fingerprint density at radius 1 is 1.10 bits per heavy atom. The van der Waals surface area contributed by atoms with Gasteiger partial charge in [0.15, 0.2) is 0 Å². The van der Waals surface area contributed by atoms with Gasteiger partial charge in [0.1, 0.15) is 16.6 Å². The molecule has 6 nitrogen and oxygen atoms in total. The zero-order chi connectivity index (χ0) is 21.6. The van der Waals surface area contributed by atoms with E-state index < -0.39 is 21.3 Å². The van der Waals surface area contributed by atoms with Crippen LogP contribution in [0.15, 0.2) is 28.7 Å². The molecule has 160 valence electrons. The van der Waals surface area contributed by atoms with Crippen molar-refractivity contribution in [3.8, 4) is 0 Å². The van der Waals surface area contributed by atoms with Crippen LogP contribution in [0.25, 0.3) is 0 Å². The van der Waals surface area contributed by atoms with E-state index in [-0.39, 0.29) is 11.6 Å². The van der Waals surface area contributed by atoms with E-state index in [1.165, 1.54) is 0 Å². The van der Waals surface area contributed by atoms with Crippen LogP contribution in [0.1, 0.15) is 59.9 Å². The number of nitrogens with zero attached hydrogens (tertiary/aromatic N) is 3. The summed E-state index contributed by atoms with van der Waals surface area (Å²) >= 11 is 0. The van der Waals surface area contributed by atoms with E-state index in [0.717, 1.165) is 29.8 Å². The third kappa shape index (κ3) is 4.20. The highest BCUT2D eigenvalue weighted by molar-refractivity contribution is 7.85. The van der Waals surface area contributed by atoms with Crippen LogP contribution < -0.4 is 4.90 Å². The quantitative estimate of drug-likeness (QED) is 0.686. The van der Waals surface area contributed by atoms with Gasteiger partial charge in [0.05, 0.1) is 16.0 Å².